The normalized spacial score (nSPS) is 13.9. The van der Waals surface area contributed by atoms with Crippen molar-refractivity contribution < 1.29 is 19.5 Å². The van der Waals surface area contributed by atoms with Crippen molar-refractivity contribution in [3.8, 4) is 17.6 Å². The van der Waals surface area contributed by atoms with E-state index in [1.54, 1.807) is 25.3 Å². The first kappa shape index (κ1) is 24.2. The Kier molecular flexibility index (Phi) is 8.88. The number of para-hydroxylation sites is 1. The molecule has 2 N–H and O–H groups in total. The van der Waals surface area contributed by atoms with E-state index in [1.165, 1.54) is 12.8 Å². The van der Waals surface area contributed by atoms with E-state index in [4.69, 9.17) is 14.0 Å². The van der Waals surface area contributed by atoms with Crippen LogP contribution in [0, 0.1) is 11.3 Å². The maximum absolute atomic E-state index is 9.78. The Morgan fingerprint density at radius 1 is 1.23 bits per heavy atom. The summed E-state index contributed by atoms with van der Waals surface area (Å²) >= 11 is 0. The van der Waals surface area contributed by atoms with Gasteiger partial charge in [-0.15, -0.1) is 12.4 Å². The molecule has 1 aliphatic rings. The summed E-state index contributed by atoms with van der Waals surface area (Å²) in [6.07, 6.45) is 4.32. The fourth-order valence-electron chi connectivity index (χ4n) is 3.57. The molecular formula is C23H26ClN3O4. The van der Waals surface area contributed by atoms with Crippen LogP contribution < -0.4 is 9.47 Å². The van der Waals surface area contributed by atoms with Crippen molar-refractivity contribution in [2.24, 2.45) is 0 Å². The molecule has 7 nitrogen and oxygen atoms in total. The van der Waals surface area contributed by atoms with Crippen LogP contribution in [0.2, 0.25) is 0 Å². The highest BCUT2D eigenvalue weighted by atomic mass is 35.5. The molecule has 8 heteroatoms. The zero-order chi connectivity index (χ0) is 20.1. The van der Waals surface area contributed by atoms with Gasteiger partial charge in [-0.3, -0.25) is 4.90 Å². The number of fused-ring (bicyclic) bond motifs is 1. The lowest BCUT2D eigenvalue weighted by Crippen LogP contribution is -2.25. The molecule has 2 aromatic carbocycles. The molecular weight excluding hydrogens is 418 g/mol. The van der Waals surface area contributed by atoms with Gasteiger partial charge in [-0.2, -0.15) is 5.26 Å². The Hall–Kier alpha value is -3.05. The minimum Gasteiger partial charge on any atom is -0.497 e. The number of hydrogen-bond acceptors (Lipinski definition) is 6. The van der Waals surface area contributed by atoms with Crippen LogP contribution >= 0.6 is 12.4 Å². The lowest BCUT2D eigenvalue weighted by molar-refractivity contribution is 0.237. The molecule has 164 valence electrons. The topological polar surface area (TPSA) is 103 Å². The second-order valence-electron chi connectivity index (χ2n) is 7.00. The Morgan fingerprint density at radius 2 is 2.00 bits per heavy atom. The number of ether oxygens (including phenoxy) is 2. The standard InChI is InChI=1S/C23H23N3O3.ClH.H2O/c1-27-19-8-9-22-20(15-19)23(25-29-22)18(16-24)14-17-6-2-3-7-21(17)28-13-12-26-10-4-5-11-26;;/h2-3,6-9,14-15H,4-5,10-13H2,1H3;1H;1H2/b18-14+;;. The molecule has 1 aromatic heterocycles. The molecule has 0 bridgehead atoms. The first-order valence-corrected chi connectivity index (χ1v) is 9.78. The van der Waals surface area contributed by atoms with E-state index < -0.39 is 0 Å². The van der Waals surface area contributed by atoms with Crippen molar-refractivity contribution >= 4 is 35.0 Å². The van der Waals surface area contributed by atoms with Crippen molar-refractivity contribution in [2.75, 3.05) is 33.4 Å². The molecule has 0 amide bonds. The predicted octanol–water partition coefficient (Wildman–Crippen LogP) is 3.97. The molecule has 0 saturated carbocycles. The third-order valence-corrected chi connectivity index (χ3v) is 5.14. The molecule has 0 aliphatic carbocycles. The second kappa shape index (κ2) is 11.4. The van der Waals surface area contributed by atoms with Gasteiger partial charge in [-0.1, -0.05) is 23.4 Å². The first-order valence-electron chi connectivity index (χ1n) is 9.78. The lowest BCUT2D eigenvalue weighted by Gasteiger charge is -2.15. The summed E-state index contributed by atoms with van der Waals surface area (Å²) in [7, 11) is 1.60. The maximum atomic E-state index is 9.78. The molecule has 3 aromatic rings. The van der Waals surface area contributed by atoms with E-state index >= 15 is 0 Å². The maximum Gasteiger partial charge on any atom is 0.167 e. The van der Waals surface area contributed by atoms with Gasteiger partial charge in [0.25, 0.3) is 0 Å². The summed E-state index contributed by atoms with van der Waals surface area (Å²) in [5.74, 6) is 1.44. The summed E-state index contributed by atoms with van der Waals surface area (Å²) in [5.41, 5.74) is 2.35. The van der Waals surface area contributed by atoms with Crippen molar-refractivity contribution in [1.82, 2.24) is 10.1 Å². The zero-order valence-corrected chi connectivity index (χ0v) is 18.2. The van der Waals surface area contributed by atoms with Crippen molar-refractivity contribution in [1.29, 1.82) is 5.26 Å². The highest BCUT2D eigenvalue weighted by molar-refractivity contribution is 5.99. The number of likely N-dealkylation sites (tertiary alicyclic amines) is 1. The number of methoxy groups -OCH3 is 1. The Balaban J connectivity index is 0.00000171. The molecule has 1 fully saturated rings. The van der Waals surface area contributed by atoms with E-state index in [1.807, 2.05) is 30.3 Å². The van der Waals surface area contributed by atoms with Crippen LogP contribution in [-0.2, 0) is 0 Å². The SMILES string of the molecule is COc1ccc2onc(/C(C#N)=C/c3ccccc3OCCN3CCCC3)c2c1.Cl.O. The number of allylic oxidation sites excluding steroid dienone is 1. The number of rotatable bonds is 7. The Labute approximate surface area is 187 Å². The van der Waals surface area contributed by atoms with Crippen LogP contribution in [0.1, 0.15) is 24.1 Å². The average molecular weight is 444 g/mol. The molecule has 0 atom stereocenters. The van der Waals surface area contributed by atoms with E-state index in [0.29, 0.717) is 29.2 Å². The summed E-state index contributed by atoms with van der Waals surface area (Å²) in [5, 5.41) is 14.6. The van der Waals surface area contributed by atoms with Gasteiger partial charge in [0, 0.05) is 12.1 Å². The van der Waals surface area contributed by atoms with E-state index in [0.717, 1.165) is 36.3 Å². The van der Waals surface area contributed by atoms with Crippen LogP contribution in [0.15, 0.2) is 47.0 Å². The molecule has 31 heavy (non-hydrogen) atoms. The number of hydrogen-bond donors (Lipinski definition) is 0. The molecule has 1 saturated heterocycles. The van der Waals surface area contributed by atoms with Crippen LogP contribution in [0.4, 0.5) is 0 Å². The second-order valence-corrected chi connectivity index (χ2v) is 7.00. The first-order chi connectivity index (χ1) is 14.3. The summed E-state index contributed by atoms with van der Waals surface area (Å²) < 4.78 is 16.7. The number of nitriles is 1. The van der Waals surface area contributed by atoms with Crippen LogP contribution in [-0.4, -0.2) is 48.9 Å². The number of nitrogens with zero attached hydrogens (tertiary/aromatic N) is 3. The van der Waals surface area contributed by atoms with Gasteiger partial charge in [-0.25, -0.2) is 0 Å². The number of aromatic nitrogens is 1. The minimum atomic E-state index is 0. The van der Waals surface area contributed by atoms with Gasteiger partial charge < -0.3 is 19.5 Å². The third kappa shape index (κ3) is 5.56. The Bertz CT molecular complexity index is 1070. The van der Waals surface area contributed by atoms with Crippen LogP contribution in [0.3, 0.4) is 0 Å². The highest BCUT2D eigenvalue weighted by Crippen LogP contribution is 2.30. The van der Waals surface area contributed by atoms with Crippen molar-refractivity contribution in [3.05, 3.63) is 53.7 Å². The third-order valence-electron chi connectivity index (χ3n) is 5.14. The van der Waals surface area contributed by atoms with Crippen molar-refractivity contribution in [3.63, 3.8) is 0 Å². The van der Waals surface area contributed by atoms with Gasteiger partial charge in [0.15, 0.2) is 5.58 Å². The smallest absolute Gasteiger partial charge is 0.167 e. The fraction of sp³-hybridized carbons (Fsp3) is 0.304. The quantitative estimate of drug-likeness (QED) is 0.512. The van der Waals surface area contributed by atoms with Gasteiger partial charge in [0.1, 0.15) is 29.9 Å². The molecule has 4 rings (SSSR count). The van der Waals surface area contributed by atoms with E-state index in [-0.39, 0.29) is 17.9 Å². The molecule has 0 spiro atoms. The predicted molar refractivity (Wildman–Crippen MR) is 123 cm³/mol. The number of benzene rings is 2. The fourth-order valence-corrected chi connectivity index (χ4v) is 3.57. The van der Waals surface area contributed by atoms with Crippen LogP contribution in [0.25, 0.3) is 22.6 Å². The van der Waals surface area contributed by atoms with Gasteiger partial charge in [-0.05, 0) is 56.3 Å². The summed E-state index contributed by atoms with van der Waals surface area (Å²) in [6.45, 7) is 3.83. The van der Waals surface area contributed by atoms with Gasteiger partial charge >= 0.3 is 0 Å². The lowest BCUT2D eigenvalue weighted by atomic mass is 10.1. The largest absolute Gasteiger partial charge is 0.497 e. The molecule has 0 unspecified atom stereocenters. The monoisotopic (exact) mass is 443 g/mol. The summed E-state index contributed by atoms with van der Waals surface area (Å²) in [6, 6.07) is 15.4. The minimum absolute atomic E-state index is 0. The molecule has 0 radical (unpaired) electrons. The average Bonchev–Trinajstić information content (AvgIpc) is 3.42. The van der Waals surface area contributed by atoms with Gasteiger partial charge in [0.2, 0.25) is 0 Å². The highest BCUT2D eigenvalue weighted by Gasteiger charge is 2.15. The summed E-state index contributed by atoms with van der Waals surface area (Å²) in [4.78, 5) is 2.41. The Morgan fingerprint density at radius 3 is 2.74 bits per heavy atom. The van der Waals surface area contributed by atoms with Crippen LogP contribution in [0.5, 0.6) is 11.5 Å². The van der Waals surface area contributed by atoms with E-state index in [9.17, 15) is 5.26 Å². The van der Waals surface area contributed by atoms with E-state index in [2.05, 4.69) is 16.1 Å². The van der Waals surface area contributed by atoms with Crippen molar-refractivity contribution in [2.45, 2.75) is 12.8 Å². The van der Waals surface area contributed by atoms with Gasteiger partial charge in [0.05, 0.1) is 18.1 Å². The molecule has 1 aliphatic heterocycles. The molecule has 2 heterocycles. The number of halogens is 1. The zero-order valence-electron chi connectivity index (χ0n) is 17.3.